The summed E-state index contributed by atoms with van der Waals surface area (Å²) >= 11 is 0. The third-order valence-electron chi connectivity index (χ3n) is 4.39. The molecular formula is C14H23N5O2. The summed E-state index contributed by atoms with van der Waals surface area (Å²) < 4.78 is 7.67. The highest BCUT2D eigenvalue weighted by atomic mass is 16.5. The van der Waals surface area contributed by atoms with Gasteiger partial charge >= 0.3 is 0 Å². The summed E-state index contributed by atoms with van der Waals surface area (Å²) in [6, 6.07) is 0. The highest BCUT2D eigenvalue weighted by Crippen LogP contribution is 2.15. The largest absolute Gasteiger partial charge is 0.366 e. The predicted molar refractivity (Wildman–Crippen MR) is 76.6 cm³/mol. The lowest BCUT2D eigenvalue weighted by molar-refractivity contribution is -0.148. The summed E-state index contributed by atoms with van der Waals surface area (Å²) in [7, 11) is 1.97. The van der Waals surface area contributed by atoms with E-state index in [-0.39, 0.29) is 12.0 Å². The third kappa shape index (κ3) is 3.08. The zero-order chi connectivity index (χ0) is 14.8. The second-order valence-electron chi connectivity index (χ2n) is 5.85. The van der Waals surface area contributed by atoms with E-state index in [9.17, 15) is 4.79 Å². The molecule has 21 heavy (non-hydrogen) atoms. The van der Waals surface area contributed by atoms with Crippen molar-refractivity contribution in [2.24, 2.45) is 7.05 Å². The van der Waals surface area contributed by atoms with E-state index < -0.39 is 0 Å². The van der Waals surface area contributed by atoms with Crippen molar-refractivity contribution >= 4 is 5.91 Å². The topological polar surface area (TPSA) is 63.5 Å². The maximum Gasteiger partial charge on any atom is 0.253 e. The molecule has 0 saturated carbocycles. The van der Waals surface area contributed by atoms with Gasteiger partial charge in [0.05, 0.1) is 13.2 Å². The van der Waals surface area contributed by atoms with Crippen LogP contribution >= 0.6 is 0 Å². The first kappa shape index (κ1) is 14.5. The molecule has 2 fully saturated rings. The first-order chi connectivity index (χ1) is 10.1. The number of nitrogens with zero attached hydrogens (tertiary/aromatic N) is 5. The first-order valence-electron chi connectivity index (χ1n) is 7.63. The fourth-order valence-corrected chi connectivity index (χ4v) is 2.93. The number of amides is 1. The van der Waals surface area contributed by atoms with Gasteiger partial charge in [0.25, 0.3) is 5.91 Å². The Kier molecular flexibility index (Phi) is 4.21. The van der Waals surface area contributed by atoms with Gasteiger partial charge in [-0.05, 0) is 19.8 Å². The SMILES string of the molecule is Cc1nnc(CN2CCOC(C(=O)N3CCCC3)C2)n1C. The lowest BCUT2D eigenvalue weighted by Crippen LogP contribution is -2.50. The van der Waals surface area contributed by atoms with Crippen LogP contribution in [0.25, 0.3) is 0 Å². The molecule has 3 rings (SSSR count). The van der Waals surface area contributed by atoms with Crippen LogP contribution in [0.5, 0.6) is 0 Å². The van der Waals surface area contributed by atoms with E-state index >= 15 is 0 Å². The molecule has 2 aliphatic rings. The summed E-state index contributed by atoms with van der Waals surface area (Å²) in [5.41, 5.74) is 0. The number of ether oxygens (including phenoxy) is 1. The summed E-state index contributed by atoms with van der Waals surface area (Å²) in [6.07, 6.45) is 1.90. The van der Waals surface area contributed by atoms with Gasteiger partial charge in [0.15, 0.2) is 0 Å². The van der Waals surface area contributed by atoms with Gasteiger partial charge in [-0.15, -0.1) is 10.2 Å². The molecule has 2 saturated heterocycles. The van der Waals surface area contributed by atoms with Gasteiger partial charge in [-0.3, -0.25) is 9.69 Å². The Balaban J connectivity index is 1.60. The van der Waals surface area contributed by atoms with Crippen molar-refractivity contribution in [1.82, 2.24) is 24.6 Å². The second kappa shape index (κ2) is 6.11. The second-order valence-corrected chi connectivity index (χ2v) is 5.85. The van der Waals surface area contributed by atoms with Crippen molar-refractivity contribution in [3.05, 3.63) is 11.6 Å². The molecule has 2 aliphatic heterocycles. The number of aryl methyl sites for hydroxylation is 1. The van der Waals surface area contributed by atoms with E-state index in [4.69, 9.17) is 4.74 Å². The van der Waals surface area contributed by atoms with Crippen molar-refractivity contribution in [2.45, 2.75) is 32.4 Å². The van der Waals surface area contributed by atoms with Crippen molar-refractivity contribution in [3.63, 3.8) is 0 Å². The van der Waals surface area contributed by atoms with Crippen LogP contribution in [0.2, 0.25) is 0 Å². The highest BCUT2D eigenvalue weighted by Gasteiger charge is 2.31. The van der Waals surface area contributed by atoms with Gasteiger partial charge in [0.2, 0.25) is 0 Å². The standard InChI is InChI=1S/C14H23N5O2/c1-11-15-16-13(17(11)2)10-18-7-8-21-12(9-18)14(20)19-5-3-4-6-19/h12H,3-10H2,1-2H3. The van der Waals surface area contributed by atoms with Gasteiger partial charge in [0, 0.05) is 33.2 Å². The molecule has 0 bridgehead atoms. The van der Waals surface area contributed by atoms with E-state index in [2.05, 4.69) is 15.1 Å². The van der Waals surface area contributed by atoms with Gasteiger partial charge in [-0.2, -0.15) is 0 Å². The molecule has 116 valence electrons. The molecule has 0 aromatic carbocycles. The molecule has 0 spiro atoms. The average molecular weight is 293 g/mol. The summed E-state index contributed by atoms with van der Waals surface area (Å²) in [6.45, 7) is 6.47. The van der Waals surface area contributed by atoms with Crippen molar-refractivity contribution in [1.29, 1.82) is 0 Å². The smallest absolute Gasteiger partial charge is 0.253 e. The van der Waals surface area contributed by atoms with Crippen LogP contribution in [0.4, 0.5) is 0 Å². The minimum Gasteiger partial charge on any atom is -0.366 e. The summed E-state index contributed by atoms with van der Waals surface area (Å²) in [5.74, 6) is 1.98. The highest BCUT2D eigenvalue weighted by molar-refractivity contribution is 5.81. The molecule has 3 heterocycles. The van der Waals surface area contributed by atoms with Crippen LogP contribution in [0.3, 0.4) is 0 Å². The molecular weight excluding hydrogens is 270 g/mol. The van der Waals surface area contributed by atoms with Gasteiger partial charge in [-0.25, -0.2) is 0 Å². The van der Waals surface area contributed by atoms with Gasteiger partial charge in [0.1, 0.15) is 17.8 Å². The van der Waals surface area contributed by atoms with Crippen LogP contribution in [0.15, 0.2) is 0 Å². The maximum absolute atomic E-state index is 12.4. The Morgan fingerprint density at radius 2 is 2.05 bits per heavy atom. The number of hydrogen-bond donors (Lipinski definition) is 0. The van der Waals surface area contributed by atoms with Crippen LogP contribution in [0.1, 0.15) is 24.5 Å². The van der Waals surface area contributed by atoms with E-state index in [0.717, 1.165) is 44.1 Å². The molecule has 1 aromatic rings. The molecule has 7 heteroatoms. The number of rotatable bonds is 3. The summed E-state index contributed by atoms with van der Waals surface area (Å²) in [4.78, 5) is 16.6. The number of carbonyl (C=O) groups excluding carboxylic acids is 1. The van der Waals surface area contributed by atoms with Crippen molar-refractivity contribution in [3.8, 4) is 0 Å². The van der Waals surface area contributed by atoms with Crippen LogP contribution < -0.4 is 0 Å². The van der Waals surface area contributed by atoms with Gasteiger partial charge < -0.3 is 14.2 Å². The Morgan fingerprint density at radius 3 is 2.71 bits per heavy atom. The Labute approximate surface area is 124 Å². The third-order valence-corrected chi connectivity index (χ3v) is 4.39. The monoisotopic (exact) mass is 293 g/mol. The molecule has 7 nitrogen and oxygen atoms in total. The van der Waals surface area contributed by atoms with Crippen molar-refractivity contribution in [2.75, 3.05) is 32.8 Å². The molecule has 1 amide bonds. The molecule has 0 aliphatic carbocycles. The number of likely N-dealkylation sites (tertiary alicyclic amines) is 1. The van der Waals surface area contributed by atoms with E-state index in [1.807, 2.05) is 23.4 Å². The van der Waals surface area contributed by atoms with E-state index in [1.54, 1.807) is 0 Å². The van der Waals surface area contributed by atoms with Gasteiger partial charge in [-0.1, -0.05) is 0 Å². The fraction of sp³-hybridized carbons (Fsp3) is 0.786. The Morgan fingerprint density at radius 1 is 1.29 bits per heavy atom. The molecule has 1 unspecified atom stereocenters. The number of morpholine rings is 1. The first-order valence-corrected chi connectivity index (χ1v) is 7.63. The van der Waals surface area contributed by atoms with E-state index in [1.165, 1.54) is 0 Å². The van der Waals surface area contributed by atoms with Crippen LogP contribution in [-0.4, -0.2) is 69.4 Å². The van der Waals surface area contributed by atoms with E-state index in [0.29, 0.717) is 19.7 Å². The minimum atomic E-state index is -0.328. The molecule has 0 radical (unpaired) electrons. The number of carbonyl (C=O) groups is 1. The average Bonchev–Trinajstić information content (AvgIpc) is 3.13. The molecule has 0 N–H and O–H groups in total. The fourth-order valence-electron chi connectivity index (χ4n) is 2.93. The maximum atomic E-state index is 12.4. The van der Waals surface area contributed by atoms with Crippen LogP contribution in [0, 0.1) is 6.92 Å². The summed E-state index contributed by atoms with van der Waals surface area (Å²) in [5, 5.41) is 8.27. The molecule has 1 atom stereocenters. The Hall–Kier alpha value is -1.47. The molecule has 1 aromatic heterocycles. The zero-order valence-corrected chi connectivity index (χ0v) is 12.8. The normalized spacial score (nSPS) is 23.7. The zero-order valence-electron chi connectivity index (χ0n) is 12.8. The lowest BCUT2D eigenvalue weighted by Gasteiger charge is -2.33. The minimum absolute atomic E-state index is 0.145. The quantitative estimate of drug-likeness (QED) is 0.782. The lowest BCUT2D eigenvalue weighted by atomic mass is 10.2. The van der Waals surface area contributed by atoms with Crippen LogP contribution in [-0.2, 0) is 23.1 Å². The number of hydrogen-bond acceptors (Lipinski definition) is 5. The number of aromatic nitrogens is 3. The Bertz CT molecular complexity index is 509. The predicted octanol–water partition coefficient (Wildman–Crippen LogP) is -0.0533. The van der Waals surface area contributed by atoms with Crippen molar-refractivity contribution < 1.29 is 9.53 Å².